The number of oxime groups is 1. The van der Waals surface area contributed by atoms with Crippen molar-refractivity contribution < 1.29 is 4.84 Å². The molecule has 0 amide bonds. The normalized spacial score (nSPS) is 19.5. The Hall–Kier alpha value is -3.25. The minimum absolute atomic E-state index is 0.239. The number of hydrogen-bond donors (Lipinski definition) is 1. The number of nitrogens with zero attached hydrogens (tertiary/aromatic N) is 4. The Morgan fingerprint density at radius 1 is 1.00 bits per heavy atom. The summed E-state index contributed by atoms with van der Waals surface area (Å²) in [5.74, 6) is 0.557. The molecule has 2 N–H and O–H groups in total. The first-order valence-electron chi connectivity index (χ1n) is 11.9. The quantitative estimate of drug-likeness (QED) is 0.448. The molecule has 3 aromatic rings. The first-order chi connectivity index (χ1) is 16.2. The number of likely N-dealkylation sites (tertiary alicyclic amines) is 1. The molecule has 2 aliphatic rings. The van der Waals surface area contributed by atoms with Crippen LogP contribution in [0.1, 0.15) is 47.7 Å². The molecule has 1 aliphatic heterocycles. The number of nitrogens with two attached hydrogens (primary N) is 1. The Morgan fingerprint density at radius 2 is 1.76 bits per heavy atom. The van der Waals surface area contributed by atoms with Crippen LogP contribution in [0.3, 0.4) is 0 Å². The second-order valence-corrected chi connectivity index (χ2v) is 8.97. The van der Waals surface area contributed by atoms with Crippen molar-refractivity contribution in [3.05, 3.63) is 77.1 Å². The van der Waals surface area contributed by atoms with E-state index in [4.69, 9.17) is 10.6 Å². The van der Waals surface area contributed by atoms with Crippen molar-refractivity contribution in [2.75, 3.05) is 32.0 Å². The van der Waals surface area contributed by atoms with Gasteiger partial charge in [0.2, 0.25) is 5.95 Å². The number of fused-ring (bicyclic) bond motifs is 1. The second-order valence-electron chi connectivity index (χ2n) is 8.97. The molecular formula is C27H31N5O. The molecule has 1 fully saturated rings. The summed E-state index contributed by atoms with van der Waals surface area (Å²) in [7, 11) is 0. The lowest BCUT2D eigenvalue weighted by Gasteiger charge is -2.28. The molecule has 33 heavy (non-hydrogen) atoms. The average molecular weight is 442 g/mol. The van der Waals surface area contributed by atoms with E-state index < -0.39 is 0 Å². The van der Waals surface area contributed by atoms with Gasteiger partial charge < -0.3 is 10.6 Å². The van der Waals surface area contributed by atoms with Crippen LogP contribution in [0.4, 0.5) is 5.95 Å². The molecule has 2 aromatic carbocycles. The predicted octanol–water partition coefficient (Wildman–Crippen LogP) is 4.58. The van der Waals surface area contributed by atoms with E-state index in [1.54, 1.807) is 0 Å². The zero-order chi connectivity index (χ0) is 22.6. The molecule has 1 saturated heterocycles. The van der Waals surface area contributed by atoms with Gasteiger partial charge in [-0.3, -0.25) is 4.90 Å². The fraction of sp³-hybridized carbons (Fsp3) is 0.370. The molecule has 5 rings (SSSR count). The molecule has 1 aromatic heterocycles. The van der Waals surface area contributed by atoms with Crippen molar-refractivity contribution >= 4 is 11.7 Å². The van der Waals surface area contributed by atoms with Crippen LogP contribution in [0, 0.1) is 6.92 Å². The van der Waals surface area contributed by atoms with Gasteiger partial charge >= 0.3 is 0 Å². The van der Waals surface area contributed by atoms with Crippen molar-refractivity contribution in [3.8, 4) is 11.1 Å². The van der Waals surface area contributed by atoms with Gasteiger partial charge in [-0.1, -0.05) is 59.8 Å². The molecule has 6 nitrogen and oxygen atoms in total. The second kappa shape index (κ2) is 9.71. The van der Waals surface area contributed by atoms with Gasteiger partial charge in [-0.05, 0) is 61.9 Å². The fourth-order valence-electron chi connectivity index (χ4n) is 5.16. The van der Waals surface area contributed by atoms with Gasteiger partial charge in [0, 0.05) is 18.5 Å². The smallest absolute Gasteiger partial charge is 0.220 e. The maximum atomic E-state index is 6.03. The summed E-state index contributed by atoms with van der Waals surface area (Å²) >= 11 is 0. The number of aromatic nitrogens is 2. The Bertz CT molecular complexity index is 1140. The average Bonchev–Trinajstić information content (AvgIpc) is 3.35. The first kappa shape index (κ1) is 21.6. The largest absolute Gasteiger partial charge is 0.394 e. The van der Waals surface area contributed by atoms with Crippen LogP contribution < -0.4 is 5.73 Å². The van der Waals surface area contributed by atoms with Gasteiger partial charge in [0.05, 0.1) is 17.1 Å². The summed E-state index contributed by atoms with van der Waals surface area (Å²) in [5, 5.41) is 4.62. The van der Waals surface area contributed by atoms with Gasteiger partial charge in [0.15, 0.2) is 0 Å². The Kier molecular flexibility index (Phi) is 6.35. The molecule has 0 saturated carbocycles. The molecular weight excluding hydrogens is 410 g/mol. The van der Waals surface area contributed by atoms with Crippen molar-refractivity contribution in [3.63, 3.8) is 0 Å². The Balaban J connectivity index is 1.45. The van der Waals surface area contributed by atoms with E-state index in [2.05, 4.69) is 74.6 Å². The lowest BCUT2D eigenvalue weighted by Crippen LogP contribution is -2.25. The third-order valence-electron chi connectivity index (χ3n) is 6.71. The summed E-state index contributed by atoms with van der Waals surface area (Å²) in [6.07, 6.45) is 4.15. The maximum absolute atomic E-state index is 6.03. The molecule has 170 valence electrons. The Labute approximate surface area is 195 Å². The zero-order valence-corrected chi connectivity index (χ0v) is 19.2. The number of rotatable bonds is 6. The molecule has 2 heterocycles. The summed E-state index contributed by atoms with van der Waals surface area (Å²) in [4.78, 5) is 17.3. The predicted molar refractivity (Wildman–Crippen MR) is 132 cm³/mol. The standard InChI is InChI=1S/C27H31N5O/c1-19-26-24(30-27(28)29-19)17-21(18-25(26)31-33-16-15-32-13-7-8-14-32)23-12-6-5-11-22(23)20-9-3-2-4-10-20/h2-6,9-12,21H,7-8,13-18H2,1H3,(H2,28,29,30). The van der Waals surface area contributed by atoms with E-state index in [0.29, 0.717) is 12.6 Å². The summed E-state index contributed by atoms with van der Waals surface area (Å²) < 4.78 is 0. The van der Waals surface area contributed by atoms with E-state index in [9.17, 15) is 0 Å². The first-order valence-corrected chi connectivity index (χ1v) is 11.9. The highest BCUT2D eigenvalue weighted by Gasteiger charge is 2.30. The molecule has 0 spiro atoms. The number of benzene rings is 2. The summed E-state index contributed by atoms with van der Waals surface area (Å²) in [6.45, 7) is 5.82. The number of hydrogen-bond acceptors (Lipinski definition) is 6. The molecule has 1 aliphatic carbocycles. The molecule has 0 radical (unpaired) electrons. The number of anilines is 1. The monoisotopic (exact) mass is 441 g/mol. The summed E-state index contributed by atoms with van der Waals surface area (Å²) in [6, 6.07) is 19.2. The molecule has 1 unspecified atom stereocenters. The van der Waals surface area contributed by atoms with E-state index >= 15 is 0 Å². The van der Waals surface area contributed by atoms with Crippen LogP contribution >= 0.6 is 0 Å². The number of nitrogen functional groups attached to an aromatic ring is 1. The Morgan fingerprint density at radius 3 is 2.58 bits per heavy atom. The van der Waals surface area contributed by atoms with Crippen LogP contribution in [0.2, 0.25) is 0 Å². The third-order valence-corrected chi connectivity index (χ3v) is 6.71. The van der Waals surface area contributed by atoms with Crippen molar-refractivity contribution in [2.45, 2.75) is 38.5 Å². The van der Waals surface area contributed by atoms with Crippen LogP contribution in [0.5, 0.6) is 0 Å². The zero-order valence-electron chi connectivity index (χ0n) is 19.2. The SMILES string of the molecule is Cc1nc(N)nc2c1C(=NOCCN1CCCC1)CC(c1ccccc1-c1ccccc1)C2. The van der Waals surface area contributed by atoms with Gasteiger partial charge in [-0.2, -0.15) is 0 Å². The van der Waals surface area contributed by atoms with Crippen LogP contribution in [0.25, 0.3) is 11.1 Å². The lowest BCUT2D eigenvalue weighted by molar-refractivity contribution is 0.118. The van der Waals surface area contributed by atoms with Crippen LogP contribution in [-0.2, 0) is 11.3 Å². The number of aryl methyl sites for hydroxylation is 1. The van der Waals surface area contributed by atoms with Gasteiger partial charge in [0.25, 0.3) is 0 Å². The van der Waals surface area contributed by atoms with E-state index in [-0.39, 0.29) is 5.92 Å². The van der Waals surface area contributed by atoms with E-state index in [1.165, 1.54) is 29.5 Å². The van der Waals surface area contributed by atoms with Gasteiger partial charge in [-0.25, -0.2) is 9.97 Å². The summed E-state index contributed by atoms with van der Waals surface area (Å²) in [5.41, 5.74) is 13.5. The van der Waals surface area contributed by atoms with E-state index in [1.807, 2.05) is 6.92 Å². The topological polar surface area (TPSA) is 76.6 Å². The van der Waals surface area contributed by atoms with Crippen molar-refractivity contribution in [1.29, 1.82) is 0 Å². The highest BCUT2D eigenvalue weighted by atomic mass is 16.6. The molecule has 1 atom stereocenters. The highest BCUT2D eigenvalue weighted by Crippen LogP contribution is 2.38. The fourth-order valence-corrected chi connectivity index (χ4v) is 5.16. The van der Waals surface area contributed by atoms with Crippen LogP contribution in [0.15, 0.2) is 59.8 Å². The molecule has 0 bridgehead atoms. The van der Waals surface area contributed by atoms with Gasteiger partial charge in [0.1, 0.15) is 6.61 Å². The van der Waals surface area contributed by atoms with E-state index in [0.717, 1.165) is 55.1 Å². The maximum Gasteiger partial charge on any atom is 0.220 e. The van der Waals surface area contributed by atoms with Crippen LogP contribution in [-0.4, -0.2) is 46.8 Å². The third kappa shape index (κ3) is 4.76. The lowest BCUT2D eigenvalue weighted by atomic mass is 9.78. The minimum Gasteiger partial charge on any atom is -0.394 e. The molecule has 6 heteroatoms. The van der Waals surface area contributed by atoms with Crippen molar-refractivity contribution in [2.24, 2.45) is 5.16 Å². The minimum atomic E-state index is 0.239. The van der Waals surface area contributed by atoms with Crippen molar-refractivity contribution in [1.82, 2.24) is 14.9 Å². The van der Waals surface area contributed by atoms with Gasteiger partial charge in [-0.15, -0.1) is 0 Å². The highest BCUT2D eigenvalue weighted by molar-refractivity contribution is 6.03.